The number of rotatable bonds is 1. The monoisotopic (exact) mass is 290 g/mol. The van der Waals surface area contributed by atoms with Crippen molar-refractivity contribution in [1.29, 1.82) is 0 Å². The lowest BCUT2D eigenvalue weighted by Crippen LogP contribution is -2.19. The molecule has 0 atom stereocenters. The molecule has 94 valence electrons. The topological polar surface area (TPSA) is 41.5 Å². The molecule has 0 saturated carbocycles. The van der Waals surface area contributed by atoms with Crippen molar-refractivity contribution in [2.45, 2.75) is 0 Å². The summed E-state index contributed by atoms with van der Waals surface area (Å²) in [7, 11) is 0. The van der Waals surface area contributed by atoms with Gasteiger partial charge in [0.05, 0.1) is 11.3 Å². The Balaban J connectivity index is 1.89. The molecule has 0 aromatic heterocycles. The predicted octanol–water partition coefficient (Wildman–Crippen LogP) is 4.33. The zero-order valence-corrected chi connectivity index (χ0v) is 11.2. The van der Waals surface area contributed by atoms with Crippen LogP contribution in [0.5, 0.6) is 0 Å². The first kappa shape index (κ1) is 12.2. The van der Waals surface area contributed by atoms with E-state index in [-0.39, 0.29) is 5.78 Å². The number of halogens is 2. The molecule has 0 unspecified atom stereocenters. The van der Waals surface area contributed by atoms with Gasteiger partial charge in [0.25, 0.3) is 0 Å². The van der Waals surface area contributed by atoms with E-state index in [0.29, 0.717) is 27.1 Å². The van der Waals surface area contributed by atoms with Gasteiger partial charge in [-0.1, -0.05) is 23.2 Å². The fourth-order valence-corrected chi connectivity index (χ4v) is 2.14. The third-order valence-corrected chi connectivity index (χ3v) is 3.24. The summed E-state index contributed by atoms with van der Waals surface area (Å²) in [6, 6.07) is 12.1. The van der Waals surface area contributed by atoms with Crippen LogP contribution in [0.15, 0.2) is 47.5 Å². The van der Waals surface area contributed by atoms with Crippen LogP contribution >= 0.6 is 23.2 Å². The quantitative estimate of drug-likeness (QED) is 0.849. The third kappa shape index (κ3) is 2.35. The van der Waals surface area contributed by atoms with E-state index >= 15 is 0 Å². The van der Waals surface area contributed by atoms with Gasteiger partial charge in [0.1, 0.15) is 0 Å². The fourth-order valence-electron chi connectivity index (χ4n) is 1.84. The average molecular weight is 291 g/mol. The minimum Gasteiger partial charge on any atom is -0.337 e. The number of Topliss-reactive ketones (excluding diaryl/α,β-unsaturated/α-hetero) is 1. The van der Waals surface area contributed by atoms with E-state index in [2.05, 4.69) is 10.3 Å². The molecule has 0 bridgehead atoms. The lowest BCUT2D eigenvalue weighted by Gasteiger charge is -2.04. The molecule has 1 aliphatic heterocycles. The molecule has 3 rings (SSSR count). The normalized spacial score (nSPS) is 13.2. The number of nitrogens with one attached hydrogen (secondary N) is 1. The summed E-state index contributed by atoms with van der Waals surface area (Å²) in [5, 5.41) is 4.15. The van der Waals surface area contributed by atoms with Gasteiger partial charge in [0.2, 0.25) is 5.78 Å². The van der Waals surface area contributed by atoms with Gasteiger partial charge in [-0.05, 0) is 42.5 Å². The molecular weight excluding hydrogens is 283 g/mol. The maximum absolute atomic E-state index is 12.1. The van der Waals surface area contributed by atoms with Gasteiger partial charge >= 0.3 is 0 Å². The largest absolute Gasteiger partial charge is 0.337 e. The van der Waals surface area contributed by atoms with Crippen molar-refractivity contribution in [3.63, 3.8) is 0 Å². The molecule has 19 heavy (non-hydrogen) atoms. The lowest BCUT2D eigenvalue weighted by molar-refractivity contribution is 0.106. The molecule has 0 fully saturated rings. The number of amidine groups is 1. The number of aliphatic imine (C=N–C) groups is 1. The molecule has 1 heterocycles. The summed E-state index contributed by atoms with van der Waals surface area (Å²) in [4.78, 5) is 16.4. The number of hydrogen-bond donors (Lipinski definition) is 1. The second-order valence-electron chi connectivity index (χ2n) is 4.08. The van der Waals surface area contributed by atoms with E-state index in [9.17, 15) is 4.79 Å². The van der Waals surface area contributed by atoms with E-state index in [1.807, 2.05) is 0 Å². The van der Waals surface area contributed by atoms with E-state index in [1.54, 1.807) is 42.5 Å². The highest BCUT2D eigenvalue weighted by Crippen LogP contribution is 2.29. The highest BCUT2D eigenvalue weighted by atomic mass is 35.5. The minimum atomic E-state index is -0.160. The zero-order valence-electron chi connectivity index (χ0n) is 9.65. The smallest absolute Gasteiger partial charge is 0.230 e. The summed E-state index contributed by atoms with van der Waals surface area (Å²) in [5.41, 5.74) is 1.91. The molecule has 1 aliphatic rings. The number of anilines is 1. The van der Waals surface area contributed by atoms with Crippen molar-refractivity contribution in [2.75, 3.05) is 5.32 Å². The Hall–Kier alpha value is -1.84. The summed E-state index contributed by atoms with van der Waals surface area (Å²) in [6.45, 7) is 0. The maximum atomic E-state index is 12.1. The standard InChI is InChI=1S/C14H8Cl2N2O/c15-8-1-4-10(5-2-8)17-14-13(19)11-7-9(16)3-6-12(11)18-14/h1-7H,(H,17,18,19). The van der Waals surface area contributed by atoms with Crippen molar-refractivity contribution < 1.29 is 4.79 Å². The number of carbonyl (C=O) groups excluding carboxylic acids is 1. The van der Waals surface area contributed by atoms with Crippen LogP contribution in [0.1, 0.15) is 10.4 Å². The van der Waals surface area contributed by atoms with Crippen molar-refractivity contribution in [3.05, 3.63) is 58.1 Å². The second-order valence-corrected chi connectivity index (χ2v) is 4.96. The summed E-state index contributed by atoms with van der Waals surface area (Å²) in [5.74, 6) is 0.132. The van der Waals surface area contributed by atoms with Crippen LogP contribution < -0.4 is 5.32 Å². The van der Waals surface area contributed by atoms with Crippen LogP contribution in [0.3, 0.4) is 0 Å². The molecule has 5 heteroatoms. The first-order valence-electron chi connectivity index (χ1n) is 5.59. The highest BCUT2D eigenvalue weighted by Gasteiger charge is 2.24. The summed E-state index contributed by atoms with van der Waals surface area (Å²) >= 11 is 11.7. The molecule has 0 saturated heterocycles. The minimum absolute atomic E-state index is 0.160. The highest BCUT2D eigenvalue weighted by molar-refractivity contribution is 6.52. The Kier molecular flexibility index (Phi) is 3.01. The van der Waals surface area contributed by atoms with Crippen molar-refractivity contribution in [2.24, 2.45) is 4.99 Å². The van der Waals surface area contributed by atoms with E-state index in [4.69, 9.17) is 23.2 Å². The molecular formula is C14H8Cl2N2O. The van der Waals surface area contributed by atoms with Gasteiger partial charge in [-0.2, -0.15) is 0 Å². The van der Waals surface area contributed by atoms with Crippen molar-refractivity contribution >= 4 is 46.2 Å². The summed E-state index contributed by atoms with van der Waals surface area (Å²) < 4.78 is 0. The number of benzene rings is 2. The van der Waals surface area contributed by atoms with Crippen molar-refractivity contribution in [3.8, 4) is 0 Å². The second kappa shape index (κ2) is 4.68. The van der Waals surface area contributed by atoms with Crippen LogP contribution in [0.4, 0.5) is 11.4 Å². The number of ketones is 1. The predicted molar refractivity (Wildman–Crippen MR) is 78.0 cm³/mol. The molecule has 3 nitrogen and oxygen atoms in total. The van der Waals surface area contributed by atoms with Crippen LogP contribution in [0, 0.1) is 0 Å². The van der Waals surface area contributed by atoms with Gasteiger partial charge in [0.15, 0.2) is 5.84 Å². The molecule has 0 radical (unpaired) electrons. The molecule has 0 aliphatic carbocycles. The van der Waals surface area contributed by atoms with Gasteiger partial charge in [-0.3, -0.25) is 4.79 Å². The zero-order chi connectivity index (χ0) is 13.4. The Morgan fingerprint density at radius 2 is 1.63 bits per heavy atom. The molecule has 0 spiro atoms. The van der Waals surface area contributed by atoms with Crippen LogP contribution in [0.2, 0.25) is 10.0 Å². The average Bonchev–Trinajstić information content (AvgIpc) is 2.70. The first-order chi connectivity index (χ1) is 9.13. The molecule has 2 aromatic rings. The number of carbonyl (C=O) groups is 1. The SMILES string of the molecule is O=C1C(Nc2ccc(Cl)cc2)=Nc2ccc(Cl)cc21. The Morgan fingerprint density at radius 1 is 0.947 bits per heavy atom. The summed E-state index contributed by atoms with van der Waals surface area (Å²) in [6.07, 6.45) is 0. The Morgan fingerprint density at radius 3 is 2.37 bits per heavy atom. The number of fused-ring (bicyclic) bond motifs is 1. The van der Waals surface area contributed by atoms with Crippen LogP contribution in [-0.4, -0.2) is 11.6 Å². The first-order valence-corrected chi connectivity index (χ1v) is 6.34. The molecule has 2 aromatic carbocycles. The van der Waals surface area contributed by atoms with Gasteiger partial charge in [-0.25, -0.2) is 4.99 Å². The van der Waals surface area contributed by atoms with Crippen LogP contribution in [-0.2, 0) is 0 Å². The maximum Gasteiger partial charge on any atom is 0.230 e. The Labute approximate surface area is 119 Å². The van der Waals surface area contributed by atoms with Gasteiger partial charge in [0, 0.05) is 15.7 Å². The molecule has 0 amide bonds. The van der Waals surface area contributed by atoms with E-state index in [1.165, 1.54) is 0 Å². The lowest BCUT2D eigenvalue weighted by atomic mass is 10.1. The Bertz CT molecular complexity index is 693. The number of hydrogen-bond acceptors (Lipinski definition) is 3. The number of nitrogens with zero attached hydrogens (tertiary/aromatic N) is 1. The molecule has 1 N–H and O–H groups in total. The van der Waals surface area contributed by atoms with Gasteiger partial charge < -0.3 is 5.32 Å². The van der Waals surface area contributed by atoms with E-state index in [0.717, 1.165) is 5.69 Å². The van der Waals surface area contributed by atoms with Crippen LogP contribution in [0.25, 0.3) is 0 Å². The van der Waals surface area contributed by atoms with E-state index < -0.39 is 0 Å². The van der Waals surface area contributed by atoms with Crippen molar-refractivity contribution in [1.82, 2.24) is 0 Å². The third-order valence-electron chi connectivity index (χ3n) is 2.76. The fraction of sp³-hybridized carbons (Fsp3) is 0. The van der Waals surface area contributed by atoms with Gasteiger partial charge in [-0.15, -0.1) is 0 Å².